The topological polar surface area (TPSA) is 13.1 Å². The second-order valence-electron chi connectivity index (χ2n) is 4.06. The van der Waals surface area contributed by atoms with Crippen molar-refractivity contribution in [3.63, 3.8) is 0 Å². The highest BCUT2D eigenvalue weighted by Gasteiger charge is 2.17. The van der Waals surface area contributed by atoms with Crippen LogP contribution in [0.25, 0.3) is 21.9 Å². The number of hydrogen-bond donors (Lipinski definition) is 0. The normalized spacial score (nSPS) is 11.6. The van der Waals surface area contributed by atoms with Gasteiger partial charge in [0.2, 0.25) is 0 Å². The van der Waals surface area contributed by atoms with Gasteiger partial charge >= 0.3 is 0 Å². The first-order chi connectivity index (χ1) is 8.49. The number of fused-ring (bicyclic) bond motifs is 3. The number of aryl methyl sites for hydroxylation is 1. The maximum absolute atomic E-state index is 6.23. The summed E-state index contributed by atoms with van der Waals surface area (Å²) in [5, 5.41) is 3.41. The fourth-order valence-electron chi connectivity index (χ4n) is 2.07. The molecule has 0 unspecified atom stereocenters. The van der Waals surface area contributed by atoms with E-state index < -0.39 is 0 Å². The molecule has 0 aliphatic carbocycles. The SMILES string of the molecule is Cc1cc(Cl)cc2c1oc1c(Cl)cc(Cl)c(Cl)c12. The van der Waals surface area contributed by atoms with Gasteiger partial charge in [-0.1, -0.05) is 46.4 Å². The molecule has 0 atom stereocenters. The van der Waals surface area contributed by atoms with Gasteiger partial charge in [0.1, 0.15) is 5.58 Å². The van der Waals surface area contributed by atoms with Crippen LogP contribution in [0.3, 0.4) is 0 Å². The van der Waals surface area contributed by atoms with Crippen LogP contribution in [0, 0.1) is 6.92 Å². The van der Waals surface area contributed by atoms with Gasteiger partial charge < -0.3 is 4.42 Å². The predicted molar refractivity (Wildman–Crippen MR) is 78.5 cm³/mol. The van der Waals surface area contributed by atoms with E-state index >= 15 is 0 Å². The minimum atomic E-state index is 0.398. The lowest BCUT2D eigenvalue weighted by Gasteiger charge is -1.99. The zero-order valence-corrected chi connectivity index (χ0v) is 12.2. The zero-order chi connectivity index (χ0) is 13.0. The summed E-state index contributed by atoms with van der Waals surface area (Å²) in [5.74, 6) is 0. The molecular formula is C13H6Cl4O. The van der Waals surface area contributed by atoms with Crippen molar-refractivity contribution in [1.29, 1.82) is 0 Å². The van der Waals surface area contributed by atoms with Gasteiger partial charge in [-0.2, -0.15) is 0 Å². The van der Waals surface area contributed by atoms with E-state index in [2.05, 4.69) is 0 Å². The Kier molecular flexibility index (Phi) is 2.91. The van der Waals surface area contributed by atoms with Crippen LogP contribution in [0.1, 0.15) is 5.56 Å². The third-order valence-electron chi connectivity index (χ3n) is 2.84. The molecule has 0 saturated heterocycles. The molecule has 0 N–H and O–H groups in total. The number of benzene rings is 2. The maximum Gasteiger partial charge on any atom is 0.155 e. The van der Waals surface area contributed by atoms with E-state index in [9.17, 15) is 0 Å². The molecule has 0 bridgehead atoms. The van der Waals surface area contributed by atoms with Gasteiger partial charge in [0.05, 0.1) is 15.1 Å². The first-order valence-corrected chi connectivity index (χ1v) is 6.66. The van der Waals surface area contributed by atoms with Crippen molar-refractivity contribution in [1.82, 2.24) is 0 Å². The fourth-order valence-corrected chi connectivity index (χ4v) is 3.09. The molecule has 0 amide bonds. The minimum absolute atomic E-state index is 0.398. The average molecular weight is 320 g/mol. The summed E-state index contributed by atoms with van der Waals surface area (Å²) in [4.78, 5) is 0. The smallest absolute Gasteiger partial charge is 0.155 e. The van der Waals surface area contributed by atoms with E-state index in [1.165, 1.54) is 0 Å². The maximum atomic E-state index is 6.23. The molecule has 0 fully saturated rings. The zero-order valence-electron chi connectivity index (χ0n) is 9.15. The Morgan fingerprint density at radius 3 is 2.33 bits per heavy atom. The highest BCUT2D eigenvalue weighted by Crippen LogP contribution is 2.43. The third-order valence-corrected chi connectivity index (χ3v) is 4.13. The highest BCUT2D eigenvalue weighted by atomic mass is 35.5. The largest absolute Gasteiger partial charge is 0.454 e. The number of rotatable bonds is 0. The monoisotopic (exact) mass is 318 g/mol. The van der Waals surface area contributed by atoms with Gasteiger partial charge in [0.15, 0.2) is 5.58 Å². The van der Waals surface area contributed by atoms with Gasteiger partial charge in [-0.15, -0.1) is 0 Å². The van der Waals surface area contributed by atoms with E-state index in [0.717, 1.165) is 16.5 Å². The van der Waals surface area contributed by atoms with E-state index in [1.54, 1.807) is 12.1 Å². The predicted octanol–water partition coefficient (Wildman–Crippen LogP) is 6.51. The Morgan fingerprint density at radius 1 is 0.889 bits per heavy atom. The summed E-state index contributed by atoms with van der Waals surface area (Å²) in [7, 11) is 0. The van der Waals surface area contributed by atoms with E-state index in [0.29, 0.717) is 31.1 Å². The Hall–Kier alpha value is -0.600. The molecule has 1 heterocycles. The Bertz CT molecular complexity index is 789. The number of furan rings is 1. The summed E-state index contributed by atoms with van der Waals surface area (Å²) in [6.45, 7) is 1.92. The second kappa shape index (κ2) is 4.21. The summed E-state index contributed by atoms with van der Waals surface area (Å²) >= 11 is 24.5. The lowest BCUT2D eigenvalue weighted by Crippen LogP contribution is -1.76. The minimum Gasteiger partial charge on any atom is -0.454 e. The van der Waals surface area contributed by atoms with Crippen molar-refractivity contribution in [2.24, 2.45) is 0 Å². The van der Waals surface area contributed by atoms with Gasteiger partial charge in [-0.25, -0.2) is 0 Å². The summed E-state index contributed by atoms with van der Waals surface area (Å²) < 4.78 is 5.77. The molecule has 1 aromatic heterocycles. The summed E-state index contributed by atoms with van der Waals surface area (Å²) in [5.41, 5.74) is 2.18. The molecule has 0 saturated carbocycles. The van der Waals surface area contributed by atoms with Gasteiger partial charge in [-0.05, 0) is 30.7 Å². The average Bonchev–Trinajstić information content (AvgIpc) is 2.66. The Labute approximate surface area is 123 Å². The molecule has 3 rings (SSSR count). The molecule has 2 aromatic carbocycles. The van der Waals surface area contributed by atoms with E-state index in [-0.39, 0.29) is 0 Å². The van der Waals surface area contributed by atoms with Crippen LogP contribution in [-0.2, 0) is 0 Å². The van der Waals surface area contributed by atoms with Crippen molar-refractivity contribution in [3.05, 3.63) is 43.9 Å². The Balaban J connectivity index is 2.65. The van der Waals surface area contributed by atoms with Crippen LogP contribution >= 0.6 is 46.4 Å². The molecular weight excluding hydrogens is 314 g/mol. The molecule has 92 valence electrons. The van der Waals surface area contributed by atoms with Crippen molar-refractivity contribution in [2.75, 3.05) is 0 Å². The van der Waals surface area contributed by atoms with E-state index in [4.69, 9.17) is 50.8 Å². The number of halogens is 4. The van der Waals surface area contributed by atoms with Crippen LogP contribution in [-0.4, -0.2) is 0 Å². The van der Waals surface area contributed by atoms with Gasteiger partial charge in [0, 0.05) is 15.8 Å². The third kappa shape index (κ3) is 1.70. The fraction of sp³-hybridized carbons (Fsp3) is 0.0769. The van der Waals surface area contributed by atoms with Crippen molar-refractivity contribution >= 4 is 68.3 Å². The molecule has 0 spiro atoms. The number of hydrogen-bond acceptors (Lipinski definition) is 1. The highest BCUT2D eigenvalue weighted by molar-refractivity contribution is 6.49. The van der Waals surface area contributed by atoms with Gasteiger partial charge in [0.25, 0.3) is 0 Å². The lowest BCUT2D eigenvalue weighted by molar-refractivity contribution is 0.666. The van der Waals surface area contributed by atoms with Crippen LogP contribution in [0.5, 0.6) is 0 Å². The molecule has 5 heteroatoms. The van der Waals surface area contributed by atoms with E-state index in [1.807, 2.05) is 13.0 Å². The molecule has 0 aliphatic heterocycles. The first kappa shape index (κ1) is 12.4. The quantitative estimate of drug-likeness (QED) is 0.430. The molecule has 18 heavy (non-hydrogen) atoms. The van der Waals surface area contributed by atoms with Crippen molar-refractivity contribution in [3.8, 4) is 0 Å². The molecule has 1 nitrogen and oxygen atoms in total. The summed E-state index contributed by atoms with van der Waals surface area (Å²) in [6.07, 6.45) is 0. The van der Waals surface area contributed by atoms with Crippen LogP contribution in [0.15, 0.2) is 22.6 Å². The molecule has 0 radical (unpaired) electrons. The Morgan fingerprint density at radius 2 is 1.61 bits per heavy atom. The van der Waals surface area contributed by atoms with Gasteiger partial charge in [-0.3, -0.25) is 0 Å². The standard InChI is InChI=1S/C13H6Cl4O/c1-5-2-6(14)3-7-10-11(17)8(15)4-9(16)13(10)18-12(5)7/h2-4H,1H3. The summed E-state index contributed by atoms with van der Waals surface area (Å²) in [6, 6.07) is 5.21. The van der Waals surface area contributed by atoms with Crippen LogP contribution in [0.2, 0.25) is 20.1 Å². The second-order valence-corrected chi connectivity index (χ2v) is 5.69. The lowest BCUT2D eigenvalue weighted by atomic mass is 10.1. The first-order valence-electron chi connectivity index (χ1n) is 5.15. The van der Waals surface area contributed by atoms with Crippen LogP contribution in [0.4, 0.5) is 0 Å². The van der Waals surface area contributed by atoms with Crippen molar-refractivity contribution in [2.45, 2.75) is 6.92 Å². The molecule has 0 aliphatic rings. The van der Waals surface area contributed by atoms with Crippen LogP contribution < -0.4 is 0 Å². The van der Waals surface area contributed by atoms with Crippen molar-refractivity contribution < 1.29 is 4.42 Å². The molecule has 3 aromatic rings.